The van der Waals surface area contributed by atoms with E-state index < -0.39 is 12.0 Å². The maximum atomic E-state index is 10.8. The molecular weight excluding hydrogens is 244 g/mol. The first-order valence-electron chi connectivity index (χ1n) is 4.98. The van der Waals surface area contributed by atoms with Gasteiger partial charge in [0.05, 0.1) is 0 Å². The Kier molecular flexibility index (Phi) is 4.78. The molecule has 0 heterocycles. The van der Waals surface area contributed by atoms with Crippen LogP contribution in [0.3, 0.4) is 0 Å². The molecule has 1 unspecified atom stereocenters. The third kappa shape index (κ3) is 4.74. The van der Waals surface area contributed by atoms with E-state index in [1.807, 2.05) is 0 Å². The summed E-state index contributed by atoms with van der Waals surface area (Å²) in [7, 11) is 0. The summed E-state index contributed by atoms with van der Waals surface area (Å²) in [4.78, 5) is 21.6. The van der Waals surface area contributed by atoms with E-state index in [-0.39, 0.29) is 12.5 Å². The van der Waals surface area contributed by atoms with Gasteiger partial charge < -0.3 is 15.7 Å². The average molecular weight is 257 g/mol. The molecule has 0 fully saturated rings. The molecule has 0 aliphatic carbocycles. The average Bonchev–Trinajstić information content (AvgIpc) is 2.23. The number of carbonyl (C=O) groups excluding carboxylic acids is 1. The molecule has 17 heavy (non-hydrogen) atoms. The van der Waals surface area contributed by atoms with Gasteiger partial charge in [0.15, 0.2) is 0 Å². The van der Waals surface area contributed by atoms with Crippen LogP contribution < -0.4 is 10.6 Å². The summed E-state index contributed by atoms with van der Waals surface area (Å²) in [6, 6.07) is 5.94. The Labute approximate surface area is 104 Å². The molecule has 0 aliphatic rings. The van der Waals surface area contributed by atoms with Crippen molar-refractivity contribution in [3.8, 4) is 0 Å². The van der Waals surface area contributed by atoms with Gasteiger partial charge in [-0.2, -0.15) is 0 Å². The van der Waals surface area contributed by atoms with Crippen molar-refractivity contribution in [1.29, 1.82) is 0 Å². The standard InChI is InChI=1S/C11H13ClN2O3/c1-7(15)14-10(11(16)17)6-13-9-4-2-3-8(12)5-9/h2-5,10,13H,6H2,1H3,(H,14,15)(H,16,17). The minimum absolute atomic E-state index is 0.0925. The summed E-state index contributed by atoms with van der Waals surface area (Å²) in [5.41, 5.74) is 0.703. The fraction of sp³-hybridized carbons (Fsp3) is 0.273. The molecule has 0 radical (unpaired) electrons. The van der Waals surface area contributed by atoms with Gasteiger partial charge in [-0.3, -0.25) is 4.79 Å². The zero-order valence-corrected chi connectivity index (χ0v) is 9.99. The summed E-state index contributed by atoms with van der Waals surface area (Å²) in [5, 5.41) is 14.7. The van der Waals surface area contributed by atoms with Crippen LogP contribution in [0, 0.1) is 0 Å². The van der Waals surface area contributed by atoms with Crippen molar-refractivity contribution in [1.82, 2.24) is 5.32 Å². The van der Waals surface area contributed by atoms with Crippen molar-refractivity contribution in [2.45, 2.75) is 13.0 Å². The number of aliphatic carboxylic acids is 1. The quantitative estimate of drug-likeness (QED) is 0.743. The van der Waals surface area contributed by atoms with Crippen molar-refractivity contribution in [2.24, 2.45) is 0 Å². The number of carboxylic acids is 1. The number of anilines is 1. The van der Waals surface area contributed by atoms with E-state index in [0.717, 1.165) is 0 Å². The molecule has 1 aromatic carbocycles. The van der Waals surface area contributed by atoms with Gasteiger partial charge in [-0.25, -0.2) is 4.79 Å². The zero-order valence-electron chi connectivity index (χ0n) is 9.24. The molecule has 0 aromatic heterocycles. The van der Waals surface area contributed by atoms with Crippen molar-refractivity contribution in [3.05, 3.63) is 29.3 Å². The highest BCUT2D eigenvalue weighted by atomic mass is 35.5. The van der Waals surface area contributed by atoms with Crippen LogP contribution >= 0.6 is 11.6 Å². The Morgan fingerprint density at radius 2 is 2.18 bits per heavy atom. The van der Waals surface area contributed by atoms with E-state index >= 15 is 0 Å². The Balaban J connectivity index is 2.57. The second kappa shape index (κ2) is 6.10. The maximum Gasteiger partial charge on any atom is 0.328 e. The molecular formula is C11H13ClN2O3. The summed E-state index contributed by atoms with van der Waals surface area (Å²) in [6.45, 7) is 1.37. The summed E-state index contributed by atoms with van der Waals surface area (Å²) in [5.74, 6) is -1.47. The molecule has 6 heteroatoms. The number of rotatable bonds is 5. The van der Waals surface area contributed by atoms with Crippen LogP contribution in [-0.2, 0) is 9.59 Å². The largest absolute Gasteiger partial charge is 0.480 e. The van der Waals surface area contributed by atoms with Crippen molar-refractivity contribution in [2.75, 3.05) is 11.9 Å². The van der Waals surface area contributed by atoms with Crippen molar-refractivity contribution < 1.29 is 14.7 Å². The summed E-state index contributed by atoms with van der Waals surface area (Å²) in [6.07, 6.45) is 0. The fourth-order valence-corrected chi connectivity index (χ4v) is 1.45. The lowest BCUT2D eigenvalue weighted by atomic mass is 10.2. The molecule has 1 aromatic rings. The number of hydrogen-bond donors (Lipinski definition) is 3. The normalized spacial score (nSPS) is 11.6. The first-order valence-corrected chi connectivity index (χ1v) is 5.36. The highest BCUT2D eigenvalue weighted by molar-refractivity contribution is 6.30. The number of carboxylic acid groups (broad SMARTS) is 1. The Bertz CT molecular complexity index is 423. The highest BCUT2D eigenvalue weighted by Crippen LogP contribution is 2.14. The molecule has 0 bridgehead atoms. The summed E-state index contributed by atoms with van der Waals surface area (Å²) < 4.78 is 0. The van der Waals surface area contributed by atoms with Gasteiger partial charge in [-0.1, -0.05) is 17.7 Å². The number of nitrogens with one attached hydrogen (secondary N) is 2. The van der Waals surface area contributed by atoms with Crippen molar-refractivity contribution in [3.63, 3.8) is 0 Å². The first-order chi connectivity index (χ1) is 7.99. The van der Waals surface area contributed by atoms with E-state index in [4.69, 9.17) is 16.7 Å². The van der Waals surface area contributed by atoms with Gasteiger partial charge in [-0.05, 0) is 18.2 Å². The Morgan fingerprint density at radius 3 is 2.71 bits per heavy atom. The van der Waals surface area contributed by atoms with Crippen LogP contribution in [0.4, 0.5) is 5.69 Å². The number of hydrogen-bond acceptors (Lipinski definition) is 3. The second-order valence-corrected chi connectivity index (χ2v) is 3.92. The maximum absolute atomic E-state index is 10.8. The predicted octanol–water partition coefficient (Wildman–Crippen LogP) is 1.34. The SMILES string of the molecule is CC(=O)NC(CNc1cccc(Cl)c1)C(=O)O. The second-order valence-electron chi connectivity index (χ2n) is 3.48. The highest BCUT2D eigenvalue weighted by Gasteiger charge is 2.17. The van der Waals surface area contributed by atoms with Crippen molar-refractivity contribution >= 4 is 29.2 Å². The van der Waals surface area contributed by atoms with Crippen LogP contribution in [-0.4, -0.2) is 29.6 Å². The van der Waals surface area contributed by atoms with Crippen LogP contribution in [0.5, 0.6) is 0 Å². The zero-order chi connectivity index (χ0) is 12.8. The Hall–Kier alpha value is -1.75. The van der Waals surface area contributed by atoms with Gasteiger partial charge in [0.25, 0.3) is 0 Å². The van der Waals surface area contributed by atoms with Crippen LogP contribution in [0.15, 0.2) is 24.3 Å². The monoisotopic (exact) mass is 256 g/mol. The fourth-order valence-electron chi connectivity index (χ4n) is 1.26. The molecule has 0 saturated heterocycles. The first kappa shape index (κ1) is 13.3. The molecule has 5 nitrogen and oxygen atoms in total. The lowest BCUT2D eigenvalue weighted by Gasteiger charge is -2.14. The van der Waals surface area contributed by atoms with Crippen LogP contribution in [0.25, 0.3) is 0 Å². The third-order valence-corrected chi connectivity index (χ3v) is 2.25. The summed E-state index contributed by atoms with van der Waals surface area (Å²) >= 11 is 5.78. The molecule has 1 atom stereocenters. The third-order valence-electron chi connectivity index (χ3n) is 2.01. The lowest BCUT2D eigenvalue weighted by Crippen LogP contribution is -2.44. The van der Waals surface area contributed by atoms with Crippen LogP contribution in [0.1, 0.15) is 6.92 Å². The number of halogens is 1. The molecule has 0 saturated carbocycles. The predicted molar refractivity (Wildman–Crippen MR) is 65.2 cm³/mol. The molecule has 92 valence electrons. The number of benzene rings is 1. The smallest absolute Gasteiger partial charge is 0.328 e. The minimum Gasteiger partial charge on any atom is -0.480 e. The van der Waals surface area contributed by atoms with E-state index in [0.29, 0.717) is 10.7 Å². The number of amides is 1. The Morgan fingerprint density at radius 1 is 1.47 bits per heavy atom. The van der Waals surface area contributed by atoms with E-state index in [2.05, 4.69) is 10.6 Å². The van der Waals surface area contributed by atoms with Gasteiger partial charge in [0.1, 0.15) is 6.04 Å². The minimum atomic E-state index is -1.09. The number of carbonyl (C=O) groups is 2. The van der Waals surface area contributed by atoms with E-state index in [1.165, 1.54) is 6.92 Å². The van der Waals surface area contributed by atoms with E-state index in [9.17, 15) is 9.59 Å². The molecule has 3 N–H and O–H groups in total. The molecule has 1 rings (SSSR count). The van der Waals surface area contributed by atoms with E-state index in [1.54, 1.807) is 24.3 Å². The molecule has 0 aliphatic heterocycles. The van der Waals surface area contributed by atoms with Gasteiger partial charge in [-0.15, -0.1) is 0 Å². The molecule has 0 spiro atoms. The topological polar surface area (TPSA) is 78.4 Å². The molecule has 1 amide bonds. The van der Waals surface area contributed by atoms with Gasteiger partial charge in [0.2, 0.25) is 5.91 Å². The lowest BCUT2D eigenvalue weighted by molar-refractivity contribution is -0.141. The van der Waals surface area contributed by atoms with Crippen LogP contribution in [0.2, 0.25) is 5.02 Å². The van der Waals surface area contributed by atoms with Gasteiger partial charge >= 0.3 is 5.97 Å². The van der Waals surface area contributed by atoms with Gasteiger partial charge in [0, 0.05) is 24.2 Å².